The highest BCUT2D eigenvalue weighted by atomic mass is 15.2. The van der Waals surface area contributed by atoms with Gasteiger partial charge in [-0.2, -0.15) is 0 Å². The Morgan fingerprint density at radius 2 is 0.534 bits per heavy atom. The lowest BCUT2D eigenvalue weighted by molar-refractivity contribution is 0.840. The van der Waals surface area contributed by atoms with Crippen LogP contribution in [0.3, 0.4) is 0 Å². The average Bonchev–Trinajstić information content (AvgIpc) is 3.45. The van der Waals surface area contributed by atoms with Crippen LogP contribution >= 0.6 is 0 Å². The molecule has 0 saturated heterocycles. The van der Waals surface area contributed by atoms with Gasteiger partial charge in [-0.15, -0.1) is 0 Å². The molecule has 1 aliphatic carbocycles. The van der Waals surface area contributed by atoms with Gasteiger partial charge in [0.25, 0.3) is 0 Å². The summed E-state index contributed by atoms with van der Waals surface area (Å²) in [5.74, 6) is 0. The van der Waals surface area contributed by atoms with Crippen molar-refractivity contribution in [2.75, 3.05) is 21.7 Å². The summed E-state index contributed by atoms with van der Waals surface area (Å²) in [5.41, 5.74) is 25.1. The predicted molar refractivity (Wildman–Crippen MR) is 310 cm³/mol. The summed E-state index contributed by atoms with van der Waals surface area (Å²) < 4.78 is 0. The lowest BCUT2D eigenvalue weighted by Crippen LogP contribution is -2.12. The van der Waals surface area contributed by atoms with Crippen LogP contribution in [0.25, 0.3) is 55.6 Å². The second-order valence-electron chi connectivity index (χ2n) is 19.1. The number of hydrogen-bond acceptors (Lipinski definition) is 3. The Labute approximate surface area is 430 Å². The average molecular weight is 938 g/mol. The van der Waals surface area contributed by atoms with E-state index in [1.807, 2.05) is 0 Å². The monoisotopic (exact) mass is 937 g/mol. The van der Waals surface area contributed by atoms with Crippen molar-refractivity contribution in [1.82, 2.24) is 0 Å². The van der Waals surface area contributed by atoms with E-state index in [4.69, 9.17) is 0 Å². The van der Waals surface area contributed by atoms with Crippen LogP contribution in [0, 0.1) is 6.92 Å². The molecule has 0 bridgehead atoms. The first-order chi connectivity index (χ1) is 36.0. The molecule has 0 fully saturated rings. The Morgan fingerprint density at radius 1 is 0.233 bits per heavy atom. The van der Waals surface area contributed by atoms with Gasteiger partial charge in [-0.05, 0) is 184 Å². The maximum atomic E-state index is 2.36. The number of benzene rings is 11. The molecule has 0 aromatic heterocycles. The molecule has 0 spiro atoms. The maximum absolute atomic E-state index is 2.36. The molecule has 0 amide bonds. The maximum Gasteiger partial charge on any atom is 0.0463 e. The van der Waals surface area contributed by atoms with Crippen LogP contribution in [-0.2, 0) is 12.8 Å². The van der Waals surface area contributed by atoms with E-state index < -0.39 is 0 Å². The zero-order valence-corrected chi connectivity index (χ0v) is 41.2. The van der Waals surface area contributed by atoms with Gasteiger partial charge in [0.1, 0.15) is 0 Å². The van der Waals surface area contributed by atoms with Crippen LogP contribution < -0.4 is 14.7 Å². The van der Waals surface area contributed by atoms with Gasteiger partial charge in [0, 0.05) is 52.5 Å². The number of fused-ring (bicyclic) bond motifs is 1. The van der Waals surface area contributed by atoms with E-state index in [1.54, 1.807) is 0 Å². The van der Waals surface area contributed by atoms with Crippen molar-refractivity contribution in [3.05, 3.63) is 290 Å². The third-order valence-corrected chi connectivity index (χ3v) is 14.5. The molecule has 350 valence electrons. The Balaban J connectivity index is 0.851. The van der Waals surface area contributed by atoms with Crippen molar-refractivity contribution in [2.45, 2.75) is 19.8 Å². The van der Waals surface area contributed by atoms with E-state index in [0.29, 0.717) is 0 Å². The normalized spacial score (nSPS) is 11.6. The molecule has 11 aromatic carbocycles. The van der Waals surface area contributed by atoms with E-state index in [9.17, 15) is 0 Å². The SMILES string of the molecule is Cc1ccc(-c2ccc(N(c3ccc(-c4ccccc4)cc3)c3ccc(N(c4ccc(-c5ccccc5)cc4)c4ccc(-c5ccc(N(C)c6cccc(-c7ccc8c(c7)CC8)c6)cc5)cc4)cc3)cc2)cc1. The van der Waals surface area contributed by atoms with Gasteiger partial charge < -0.3 is 14.7 Å². The van der Waals surface area contributed by atoms with E-state index in [1.165, 1.54) is 85.3 Å². The van der Waals surface area contributed by atoms with Crippen molar-refractivity contribution in [3.63, 3.8) is 0 Å². The first-order valence-corrected chi connectivity index (χ1v) is 25.3. The first kappa shape index (κ1) is 45.0. The zero-order chi connectivity index (χ0) is 49.1. The molecule has 0 unspecified atom stereocenters. The third-order valence-electron chi connectivity index (χ3n) is 14.5. The highest BCUT2D eigenvalue weighted by Gasteiger charge is 2.19. The van der Waals surface area contributed by atoms with Crippen LogP contribution in [0.2, 0.25) is 0 Å². The van der Waals surface area contributed by atoms with Gasteiger partial charge in [0.05, 0.1) is 0 Å². The van der Waals surface area contributed by atoms with Gasteiger partial charge >= 0.3 is 0 Å². The minimum atomic E-state index is 1.06. The zero-order valence-electron chi connectivity index (χ0n) is 41.2. The van der Waals surface area contributed by atoms with Gasteiger partial charge in [0.15, 0.2) is 0 Å². The minimum Gasteiger partial charge on any atom is -0.345 e. The molecule has 0 atom stereocenters. The van der Waals surface area contributed by atoms with E-state index in [2.05, 4.69) is 302 Å². The molecule has 0 aliphatic heterocycles. The molecule has 1 aliphatic rings. The summed E-state index contributed by atoms with van der Waals surface area (Å²) in [6, 6.07) is 99.3. The Kier molecular flexibility index (Phi) is 12.3. The quantitative estimate of drug-likeness (QED) is 0.114. The highest BCUT2D eigenvalue weighted by molar-refractivity contribution is 5.84. The minimum absolute atomic E-state index is 1.06. The third kappa shape index (κ3) is 9.45. The largest absolute Gasteiger partial charge is 0.345 e. The summed E-state index contributed by atoms with van der Waals surface area (Å²) in [6.45, 7) is 2.13. The number of rotatable bonds is 13. The Bertz CT molecular complexity index is 3620. The van der Waals surface area contributed by atoms with E-state index in [-0.39, 0.29) is 0 Å². The van der Waals surface area contributed by atoms with Crippen LogP contribution in [0.15, 0.2) is 273 Å². The standard InChI is InChI=1S/C70H55N3/c1-50-16-18-53(19-17-50)57-30-40-66(41-31-57)72(64-36-26-54(27-37-64)51-10-5-3-6-11-51)68-44-46-69(47-45-68)73(65-38-28-55(29-39-65)52-12-7-4-8-13-52)67-42-32-58(33-43-67)56-24-34-63(35-25-56)71(2)70-15-9-14-60(49-70)62-23-21-59-20-22-61(59)48-62/h3-19,21,23-49H,20,22H2,1-2H3. The topological polar surface area (TPSA) is 9.72 Å². The lowest BCUT2D eigenvalue weighted by atomic mass is 9.86. The number of anilines is 8. The fraction of sp³-hybridized carbons (Fsp3) is 0.0571. The molecule has 3 nitrogen and oxygen atoms in total. The fourth-order valence-electron chi connectivity index (χ4n) is 10.2. The fourth-order valence-corrected chi connectivity index (χ4v) is 10.2. The number of aryl methyl sites for hydroxylation is 3. The molecular formula is C70H55N3. The van der Waals surface area contributed by atoms with Crippen LogP contribution in [0.5, 0.6) is 0 Å². The lowest BCUT2D eigenvalue weighted by Gasteiger charge is -2.29. The van der Waals surface area contributed by atoms with Gasteiger partial charge in [0.2, 0.25) is 0 Å². The van der Waals surface area contributed by atoms with Gasteiger partial charge in [-0.3, -0.25) is 0 Å². The van der Waals surface area contributed by atoms with Gasteiger partial charge in [-0.25, -0.2) is 0 Å². The van der Waals surface area contributed by atoms with Crippen molar-refractivity contribution in [1.29, 1.82) is 0 Å². The second-order valence-corrected chi connectivity index (χ2v) is 19.1. The highest BCUT2D eigenvalue weighted by Crippen LogP contribution is 2.42. The Morgan fingerprint density at radius 3 is 0.904 bits per heavy atom. The van der Waals surface area contributed by atoms with Crippen LogP contribution in [0.1, 0.15) is 16.7 Å². The molecule has 0 radical (unpaired) electrons. The van der Waals surface area contributed by atoms with E-state index >= 15 is 0 Å². The summed E-state index contributed by atoms with van der Waals surface area (Å²) >= 11 is 0. The van der Waals surface area contributed by atoms with Gasteiger partial charge in [-0.1, -0.05) is 181 Å². The molecule has 0 saturated carbocycles. The summed E-state index contributed by atoms with van der Waals surface area (Å²) in [7, 11) is 2.15. The number of nitrogens with zero attached hydrogens (tertiary/aromatic N) is 3. The van der Waals surface area contributed by atoms with Crippen LogP contribution in [-0.4, -0.2) is 7.05 Å². The van der Waals surface area contributed by atoms with Crippen molar-refractivity contribution in [3.8, 4) is 55.6 Å². The number of hydrogen-bond donors (Lipinski definition) is 0. The molecule has 0 heterocycles. The summed E-state index contributed by atoms with van der Waals surface area (Å²) in [4.78, 5) is 6.97. The predicted octanol–water partition coefficient (Wildman–Crippen LogP) is 19.1. The summed E-state index contributed by atoms with van der Waals surface area (Å²) in [6.07, 6.45) is 2.39. The molecule has 73 heavy (non-hydrogen) atoms. The smallest absolute Gasteiger partial charge is 0.0463 e. The van der Waals surface area contributed by atoms with Crippen molar-refractivity contribution >= 4 is 45.5 Å². The molecule has 11 aromatic rings. The molecule has 0 N–H and O–H groups in total. The van der Waals surface area contributed by atoms with E-state index in [0.717, 1.165) is 45.4 Å². The summed E-state index contributed by atoms with van der Waals surface area (Å²) in [5, 5.41) is 0. The van der Waals surface area contributed by atoms with Crippen molar-refractivity contribution in [2.24, 2.45) is 0 Å². The first-order valence-electron chi connectivity index (χ1n) is 25.3. The van der Waals surface area contributed by atoms with Crippen LogP contribution in [0.4, 0.5) is 45.5 Å². The molecule has 3 heteroatoms. The molecular weight excluding hydrogens is 883 g/mol. The van der Waals surface area contributed by atoms with Crippen molar-refractivity contribution < 1.29 is 0 Å². The second kappa shape index (κ2) is 19.9. The molecule has 12 rings (SSSR count). The Hall–Kier alpha value is -9.18.